The minimum Gasteiger partial charge on any atom is -0.396 e. The van der Waals surface area contributed by atoms with E-state index in [1.165, 1.54) is 11.9 Å². The Morgan fingerprint density at radius 1 is 1.62 bits per heavy atom. The molecule has 0 aliphatic rings. The molecule has 0 atom stereocenters. The van der Waals surface area contributed by atoms with Crippen molar-refractivity contribution in [2.75, 3.05) is 12.9 Å². The lowest BCUT2D eigenvalue weighted by Crippen LogP contribution is -1.90. The Morgan fingerprint density at radius 2 is 1.75 bits per heavy atom. The lowest BCUT2D eigenvalue weighted by Gasteiger charge is -1.90. The lowest BCUT2D eigenvalue weighted by molar-refractivity contribution is 0.248. The lowest BCUT2D eigenvalue weighted by atomic mass is 10.2. The molecule has 0 aromatic rings. The first-order valence-electron chi connectivity index (χ1n) is 2.52. The van der Waals surface area contributed by atoms with E-state index in [2.05, 4.69) is 0 Å². The molecule has 2 nitrogen and oxygen atoms in total. The molecular weight excluding hydrogens is 122 g/mol. The molecule has 3 N–H and O–H groups in total. The largest absolute Gasteiger partial charge is 0.396 e. The summed E-state index contributed by atoms with van der Waals surface area (Å²) in [6.07, 6.45) is 1.82. The highest BCUT2D eigenvalue weighted by atomic mass is 32.2. The van der Waals surface area contributed by atoms with E-state index in [9.17, 15) is 0 Å². The highest BCUT2D eigenvalue weighted by molar-refractivity contribution is 7.96. The van der Waals surface area contributed by atoms with E-state index in [0.717, 1.165) is 0 Å². The van der Waals surface area contributed by atoms with Crippen LogP contribution in [-0.2, 0) is 0 Å². The van der Waals surface area contributed by atoms with Crippen LogP contribution >= 0.6 is 11.9 Å². The Kier molecular flexibility index (Phi) is 14.3. The van der Waals surface area contributed by atoms with Crippen molar-refractivity contribution in [3.63, 3.8) is 0 Å². The highest BCUT2D eigenvalue weighted by Gasteiger charge is 1.81. The number of aliphatic hydroxyl groups is 1. The maximum atomic E-state index is 8.14. The molecule has 0 rings (SSSR count). The van der Waals surface area contributed by atoms with Crippen LogP contribution in [0.5, 0.6) is 0 Å². The van der Waals surface area contributed by atoms with Crippen molar-refractivity contribution in [1.82, 2.24) is 0 Å². The molecule has 52 valence electrons. The molecule has 0 bridgehead atoms. The van der Waals surface area contributed by atoms with Crippen LogP contribution in [0, 0.1) is 5.92 Å². The molecule has 0 spiro atoms. The van der Waals surface area contributed by atoms with Crippen molar-refractivity contribution in [3.8, 4) is 0 Å². The fourth-order valence-electron chi connectivity index (χ4n) is 0. The zero-order valence-electron chi connectivity index (χ0n) is 5.72. The molecule has 0 fully saturated rings. The summed E-state index contributed by atoms with van der Waals surface area (Å²) in [7, 11) is 0. The number of rotatable bonds is 1. The smallest absolute Gasteiger partial charge is 0.0453 e. The summed E-state index contributed by atoms with van der Waals surface area (Å²) < 4.78 is 0. The molecule has 0 heterocycles. The van der Waals surface area contributed by atoms with Gasteiger partial charge in [-0.2, -0.15) is 0 Å². The molecule has 0 aliphatic carbocycles. The van der Waals surface area contributed by atoms with Crippen LogP contribution in [0.4, 0.5) is 0 Å². The number of nitrogens with two attached hydrogens (primary N) is 1. The van der Waals surface area contributed by atoms with Crippen molar-refractivity contribution >= 4 is 11.9 Å². The fourth-order valence-corrected chi connectivity index (χ4v) is 0. The second kappa shape index (κ2) is 10.3. The summed E-state index contributed by atoms with van der Waals surface area (Å²) >= 11 is 1.25. The second-order valence-corrected chi connectivity index (χ2v) is 2.28. The quantitative estimate of drug-likeness (QED) is 0.527. The Bertz CT molecular complexity index is 33.6. The van der Waals surface area contributed by atoms with Gasteiger partial charge in [0.05, 0.1) is 0 Å². The van der Waals surface area contributed by atoms with Crippen LogP contribution < -0.4 is 5.14 Å². The summed E-state index contributed by atoms with van der Waals surface area (Å²) in [4.78, 5) is 0. The molecule has 0 aromatic carbocycles. The van der Waals surface area contributed by atoms with Crippen molar-refractivity contribution in [2.24, 2.45) is 11.1 Å². The van der Waals surface area contributed by atoms with E-state index in [4.69, 9.17) is 10.2 Å². The van der Waals surface area contributed by atoms with Crippen LogP contribution in [0.25, 0.3) is 0 Å². The maximum absolute atomic E-state index is 8.14. The normalized spacial score (nSPS) is 8.25. The van der Waals surface area contributed by atoms with Crippen LogP contribution in [0.3, 0.4) is 0 Å². The predicted octanol–water partition coefficient (Wildman–Crippen LogP) is 0.858. The van der Waals surface area contributed by atoms with Crippen LogP contribution in [-0.4, -0.2) is 18.0 Å². The van der Waals surface area contributed by atoms with Crippen molar-refractivity contribution in [1.29, 1.82) is 0 Å². The Labute approximate surface area is 55.6 Å². The summed E-state index contributed by atoms with van der Waals surface area (Å²) in [5.41, 5.74) is 0. The highest BCUT2D eigenvalue weighted by Crippen LogP contribution is 1.83. The summed E-state index contributed by atoms with van der Waals surface area (Å²) in [6.45, 7) is 4.25. The Morgan fingerprint density at radius 3 is 1.75 bits per heavy atom. The topological polar surface area (TPSA) is 46.2 Å². The molecule has 0 saturated carbocycles. The average molecular weight is 137 g/mol. The first kappa shape index (κ1) is 11.1. The van der Waals surface area contributed by atoms with E-state index < -0.39 is 0 Å². The molecule has 0 saturated heterocycles. The fraction of sp³-hybridized carbons (Fsp3) is 1.00. The van der Waals surface area contributed by atoms with E-state index in [1.807, 2.05) is 20.1 Å². The molecule has 0 aromatic heterocycles. The molecule has 0 unspecified atom stereocenters. The van der Waals surface area contributed by atoms with Gasteiger partial charge in [-0.15, -0.1) is 0 Å². The predicted molar refractivity (Wildman–Crippen MR) is 39.6 cm³/mol. The molecule has 8 heavy (non-hydrogen) atoms. The van der Waals surface area contributed by atoms with Gasteiger partial charge in [-0.1, -0.05) is 25.8 Å². The zero-order chi connectivity index (χ0) is 6.99. The Hall–Kier alpha value is 0.270. The van der Waals surface area contributed by atoms with Gasteiger partial charge in [0, 0.05) is 6.61 Å². The third kappa shape index (κ3) is 33.8. The van der Waals surface area contributed by atoms with E-state index >= 15 is 0 Å². The second-order valence-electron chi connectivity index (χ2n) is 1.81. The van der Waals surface area contributed by atoms with Gasteiger partial charge in [0.15, 0.2) is 0 Å². The third-order valence-corrected chi connectivity index (χ3v) is 0.365. The third-order valence-electron chi connectivity index (χ3n) is 0.365. The zero-order valence-corrected chi connectivity index (χ0v) is 6.53. The summed E-state index contributed by atoms with van der Waals surface area (Å²) in [5, 5.41) is 12.9. The van der Waals surface area contributed by atoms with E-state index in [-0.39, 0.29) is 0 Å². The van der Waals surface area contributed by atoms with Crippen molar-refractivity contribution < 1.29 is 5.11 Å². The maximum Gasteiger partial charge on any atom is 0.0453 e. The van der Waals surface area contributed by atoms with Crippen molar-refractivity contribution in [3.05, 3.63) is 0 Å². The monoisotopic (exact) mass is 137 g/mol. The van der Waals surface area contributed by atoms with Gasteiger partial charge in [-0.25, -0.2) is 0 Å². The Balaban J connectivity index is 0. The van der Waals surface area contributed by atoms with Gasteiger partial charge in [-0.3, -0.25) is 5.14 Å². The standard InChI is InChI=1S/C4H10O.CH5NS/c1-4(2)3-5;1-3-2/h4-5H,3H2,1-2H3;2H2,1H3. The summed E-state index contributed by atoms with van der Waals surface area (Å²) in [6, 6.07) is 0. The van der Waals surface area contributed by atoms with E-state index in [1.54, 1.807) is 0 Å². The molecule has 0 aliphatic heterocycles. The minimum atomic E-state index is 0.306. The first-order valence-corrected chi connectivity index (χ1v) is 3.81. The van der Waals surface area contributed by atoms with Gasteiger partial charge >= 0.3 is 0 Å². The van der Waals surface area contributed by atoms with Crippen LogP contribution in [0.1, 0.15) is 13.8 Å². The van der Waals surface area contributed by atoms with Crippen LogP contribution in [0.15, 0.2) is 0 Å². The summed E-state index contributed by atoms with van der Waals surface area (Å²) in [5.74, 6) is 0.440. The van der Waals surface area contributed by atoms with Gasteiger partial charge in [0.1, 0.15) is 0 Å². The van der Waals surface area contributed by atoms with Gasteiger partial charge < -0.3 is 5.11 Å². The average Bonchev–Trinajstić information content (AvgIpc) is 1.69. The van der Waals surface area contributed by atoms with Gasteiger partial charge in [-0.05, 0) is 12.2 Å². The first-order chi connectivity index (χ1) is 3.68. The molecule has 3 heteroatoms. The van der Waals surface area contributed by atoms with Gasteiger partial charge in [0.2, 0.25) is 0 Å². The molecular formula is C5H15NOS. The molecule has 0 radical (unpaired) electrons. The number of hydrogen-bond donors (Lipinski definition) is 2. The van der Waals surface area contributed by atoms with Gasteiger partial charge in [0.25, 0.3) is 0 Å². The van der Waals surface area contributed by atoms with Crippen LogP contribution in [0.2, 0.25) is 0 Å². The SMILES string of the molecule is CC(C)CO.CSN. The number of hydrogen-bond acceptors (Lipinski definition) is 3. The molecule has 0 amide bonds. The minimum absolute atomic E-state index is 0.306. The van der Waals surface area contributed by atoms with Crippen molar-refractivity contribution in [2.45, 2.75) is 13.8 Å². The number of aliphatic hydroxyl groups excluding tert-OH is 1. The van der Waals surface area contributed by atoms with E-state index in [0.29, 0.717) is 12.5 Å².